The fourth-order valence-electron chi connectivity index (χ4n) is 2.05. The Kier molecular flexibility index (Phi) is 9.71. The van der Waals surface area contributed by atoms with E-state index in [9.17, 15) is 18.8 Å². The van der Waals surface area contributed by atoms with Crippen LogP contribution in [0.15, 0.2) is 35.2 Å². The van der Waals surface area contributed by atoms with Crippen molar-refractivity contribution in [1.82, 2.24) is 5.32 Å². The van der Waals surface area contributed by atoms with Crippen molar-refractivity contribution in [2.45, 2.75) is 41.0 Å². The number of nitrogens with zero attached hydrogens (tertiary/aromatic N) is 1. The summed E-state index contributed by atoms with van der Waals surface area (Å²) in [5, 5.41) is 6.59. The zero-order chi connectivity index (χ0) is 22.9. The van der Waals surface area contributed by atoms with Crippen molar-refractivity contribution >= 4 is 40.4 Å². The number of aliphatic imine (C=N–C) groups is 1. The van der Waals surface area contributed by atoms with E-state index in [4.69, 9.17) is 4.74 Å². The summed E-state index contributed by atoms with van der Waals surface area (Å²) in [6, 6.07) is 3.74. The summed E-state index contributed by atoms with van der Waals surface area (Å²) >= 11 is 1.02. The first-order valence-corrected chi connectivity index (χ1v) is 10.2. The van der Waals surface area contributed by atoms with E-state index in [2.05, 4.69) is 22.2 Å². The summed E-state index contributed by atoms with van der Waals surface area (Å²) in [4.78, 5) is 40.0. The highest BCUT2D eigenvalue weighted by Gasteiger charge is 2.22. The number of hydrogen-bond donors (Lipinski definition) is 2. The van der Waals surface area contributed by atoms with Gasteiger partial charge in [0.15, 0.2) is 11.9 Å². The van der Waals surface area contributed by atoms with Gasteiger partial charge in [-0.2, -0.15) is 0 Å². The third-order valence-electron chi connectivity index (χ3n) is 3.53. The van der Waals surface area contributed by atoms with E-state index in [-0.39, 0.29) is 41.4 Å². The van der Waals surface area contributed by atoms with Crippen LogP contribution in [0.3, 0.4) is 0 Å². The SMILES string of the molecule is C=CS/C(=N/COC(=O)C(C)(C)C)NC(=O)c1ccc(NC(=O)CC(C)C)c(F)c1. The van der Waals surface area contributed by atoms with Gasteiger partial charge in [-0.25, -0.2) is 9.38 Å². The number of amides is 2. The van der Waals surface area contributed by atoms with Crippen LogP contribution < -0.4 is 10.6 Å². The summed E-state index contributed by atoms with van der Waals surface area (Å²) < 4.78 is 19.3. The van der Waals surface area contributed by atoms with Crippen molar-refractivity contribution in [3.63, 3.8) is 0 Å². The number of carbonyl (C=O) groups is 3. The fraction of sp³-hybridized carbons (Fsp3) is 0.429. The maximum atomic E-state index is 14.3. The average molecular weight is 438 g/mol. The van der Waals surface area contributed by atoms with Crippen molar-refractivity contribution in [2.24, 2.45) is 16.3 Å². The second-order valence-corrected chi connectivity index (χ2v) is 8.81. The quantitative estimate of drug-likeness (QED) is 0.376. The minimum absolute atomic E-state index is 0.000602. The van der Waals surface area contributed by atoms with Crippen LogP contribution in [0.5, 0.6) is 0 Å². The van der Waals surface area contributed by atoms with Gasteiger partial charge in [-0.15, -0.1) is 0 Å². The second kappa shape index (κ2) is 11.5. The molecular weight excluding hydrogens is 409 g/mol. The molecule has 1 aromatic rings. The molecule has 0 fully saturated rings. The van der Waals surface area contributed by atoms with Gasteiger partial charge in [0.1, 0.15) is 5.82 Å². The van der Waals surface area contributed by atoms with Crippen molar-refractivity contribution in [3.05, 3.63) is 41.6 Å². The van der Waals surface area contributed by atoms with E-state index in [0.717, 1.165) is 17.8 Å². The van der Waals surface area contributed by atoms with Crippen LogP contribution in [0, 0.1) is 17.2 Å². The molecule has 2 N–H and O–H groups in total. The molecule has 1 aromatic carbocycles. The van der Waals surface area contributed by atoms with Gasteiger partial charge in [0.25, 0.3) is 5.91 Å². The number of carbonyl (C=O) groups excluding carboxylic acids is 3. The van der Waals surface area contributed by atoms with Gasteiger partial charge in [0.2, 0.25) is 5.91 Å². The molecule has 164 valence electrons. The van der Waals surface area contributed by atoms with Crippen LogP contribution in [0.25, 0.3) is 0 Å². The molecule has 0 atom stereocenters. The Morgan fingerprint density at radius 3 is 2.50 bits per heavy atom. The van der Waals surface area contributed by atoms with Crippen LogP contribution in [-0.2, 0) is 14.3 Å². The van der Waals surface area contributed by atoms with Gasteiger partial charge in [0, 0.05) is 12.0 Å². The average Bonchev–Trinajstić information content (AvgIpc) is 2.61. The molecule has 0 radical (unpaired) electrons. The predicted octanol–water partition coefficient (Wildman–Crippen LogP) is 4.32. The zero-order valence-corrected chi connectivity index (χ0v) is 18.7. The lowest BCUT2D eigenvalue weighted by molar-refractivity contribution is -0.152. The van der Waals surface area contributed by atoms with Crippen LogP contribution >= 0.6 is 11.8 Å². The van der Waals surface area contributed by atoms with Gasteiger partial charge >= 0.3 is 5.97 Å². The first-order valence-electron chi connectivity index (χ1n) is 9.34. The third-order valence-corrected chi connectivity index (χ3v) is 4.15. The predicted molar refractivity (Wildman–Crippen MR) is 118 cm³/mol. The summed E-state index contributed by atoms with van der Waals surface area (Å²) in [6.45, 7) is 12.2. The maximum Gasteiger partial charge on any atom is 0.313 e. The maximum absolute atomic E-state index is 14.3. The Balaban J connectivity index is 2.81. The fourth-order valence-corrected chi connectivity index (χ4v) is 2.49. The molecule has 0 aliphatic carbocycles. The molecule has 0 heterocycles. The van der Waals surface area contributed by atoms with Gasteiger partial charge in [-0.1, -0.05) is 32.2 Å². The van der Waals surface area contributed by atoms with E-state index in [1.165, 1.54) is 17.5 Å². The molecule has 30 heavy (non-hydrogen) atoms. The van der Waals surface area contributed by atoms with Crippen LogP contribution in [0.4, 0.5) is 10.1 Å². The number of esters is 1. The third kappa shape index (κ3) is 8.77. The van der Waals surface area contributed by atoms with E-state index in [1.807, 2.05) is 13.8 Å². The highest BCUT2D eigenvalue weighted by atomic mass is 32.2. The smallest absolute Gasteiger partial charge is 0.313 e. The lowest BCUT2D eigenvalue weighted by Crippen LogP contribution is -2.29. The van der Waals surface area contributed by atoms with E-state index in [1.54, 1.807) is 20.8 Å². The Morgan fingerprint density at radius 1 is 1.30 bits per heavy atom. The largest absolute Gasteiger partial charge is 0.442 e. The molecule has 0 aliphatic heterocycles. The monoisotopic (exact) mass is 437 g/mol. The summed E-state index contributed by atoms with van der Waals surface area (Å²) in [5.41, 5.74) is -0.631. The number of thioether (sulfide) groups is 1. The molecule has 9 heteroatoms. The lowest BCUT2D eigenvalue weighted by Gasteiger charge is -2.15. The zero-order valence-electron chi connectivity index (χ0n) is 17.9. The van der Waals surface area contributed by atoms with Crippen molar-refractivity contribution in [1.29, 1.82) is 0 Å². The Labute approximate surface area is 180 Å². The van der Waals surface area contributed by atoms with Gasteiger partial charge < -0.3 is 15.4 Å². The van der Waals surface area contributed by atoms with Crippen LogP contribution in [0.1, 0.15) is 51.4 Å². The van der Waals surface area contributed by atoms with Crippen molar-refractivity contribution < 1.29 is 23.5 Å². The molecule has 0 unspecified atom stereocenters. The van der Waals surface area contributed by atoms with Gasteiger partial charge in [0.05, 0.1) is 11.1 Å². The Bertz CT molecular complexity index is 832. The number of ether oxygens (including phenoxy) is 1. The second-order valence-electron chi connectivity index (χ2n) is 7.85. The van der Waals surface area contributed by atoms with Crippen molar-refractivity contribution in [2.75, 3.05) is 12.0 Å². The summed E-state index contributed by atoms with van der Waals surface area (Å²) in [7, 11) is 0. The molecule has 0 aliphatic rings. The number of amidine groups is 1. The number of rotatable bonds is 7. The standard InChI is InChI=1S/C21H28FN3O4S/c1-7-30-20(23-12-29-19(28)21(4,5)6)25-18(27)14-8-9-16(15(22)11-14)24-17(26)10-13(2)3/h7-9,11,13H,1,10,12H2,2-6H3,(H,24,26)(H,23,25,27). The molecule has 0 spiro atoms. The minimum Gasteiger partial charge on any atom is -0.442 e. The van der Waals surface area contributed by atoms with E-state index in [0.29, 0.717) is 0 Å². The Hall–Kier alpha value is -2.68. The number of anilines is 1. The van der Waals surface area contributed by atoms with Crippen LogP contribution in [0.2, 0.25) is 0 Å². The van der Waals surface area contributed by atoms with Gasteiger partial charge in [-0.3, -0.25) is 14.4 Å². The molecular formula is C21H28FN3O4S. The minimum atomic E-state index is -0.728. The number of benzene rings is 1. The Morgan fingerprint density at radius 2 is 1.97 bits per heavy atom. The molecule has 1 rings (SSSR count). The first kappa shape index (κ1) is 25.4. The molecule has 2 amide bonds. The molecule has 7 nitrogen and oxygen atoms in total. The number of nitrogens with one attached hydrogen (secondary N) is 2. The summed E-state index contributed by atoms with van der Waals surface area (Å²) in [6.07, 6.45) is 0.264. The number of hydrogen-bond acceptors (Lipinski definition) is 6. The highest BCUT2D eigenvalue weighted by Crippen LogP contribution is 2.18. The van der Waals surface area contributed by atoms with Gasteiger partial charge in [-0.05, 0) is 50.3 Å². The summed E-state index contributed by atoms with van der Waals surface area (Å²) in [5.74, 6) is -1.93. The van der Waals surface area contributed by atoms with E-state index >= 15 is 0 Å². The molecule has 0 saturated heterocycles. The van der Waals surface area contributed by atoms with Crippen LogP contribution in [-0.4, -0.2) is 29.7 Å². The lowest BCUT2D eigenvalue weighted by atomic mass is 9.98. The van der Waals surface area contributed by atoms with E-state index < -0.39 is 23.1 Å². The first-order chi connectivity index (χ1) is 13.9. The number of halogens is 1. The normalized spacial score (nSPS) is 11.8. The van der Waals surface area contributed by atoms with Crippen molar-refractivity contribution in [3.8, 4) is 0 Å². The molecule has 0 saturated carbocycles. The molecule has 0 bridgehead atoms. The molecule has 0 aromatic heterocycles. The topological polar surface area (TPSA) is 96.9 Å². The highest BCUT2D eigenvalue weighted by molar-refractivity contribution is 8.16.